The largest absolute Gasteiger partial charge is 0.358 e. The molecule has 8 heteroatoms. The quantitative estimate of drug-likeness (QED) is 0.637. The second-order valence-corrected chi connectivity index (χ2v) is 6.71. The molecule has 24 heavy (non-hydrogen) atoms. The number of benzene rings is 1. The lowest BCUT2D eigenvalue weighted by atomic mass is 10.2. The van der Waals surface area contributed by atoms with E-state index in [1.807, 2.05) is 28.8 Å². The fraction of sp³-hybridized carbons (Fsp3) is 0.312. The first-order valence-electron chi connectivity index (χ1n) is 7.75. The van der Waals surface area contributed by atoms with Crippen LogP contribution in [0.2, 0.25) is 5.02 Å². The number of fused-ring (bicyclic) bond motifs is 1. The molecule has 1 aromatic carbocycles. The molecular weight excluding hydrogens is 394 g/mol. The van der Waals surface area contributed by atoms with Gasteiger partial charge in [0.05, 0.1) is 17.0 Å². The van der Waals surface area contributed by atoms with Gasteiger partial charge in [0, 0.05) is 6.61 Å². The highest BCUT2D eigenvalue weighted by Gasteiger charge is 2.21. The van der Waals surface area contributed by atoms with Crippen LogP contribution in [0.3, 0.4) is 0 Å². The van der Waals surface area contributed by atoms with Gasteiger partial charge >= 0.3 is 0 Å². The fourth-order valence-electron chi connectivity index (χ4n) is 2.82. The van der Waals surface area contributed by atoms with Crippen molar-refractivity contribution < 1.29 is 4.74 Å². The molecule has 6 nitrogen and oxygen atoms in total. The van der Waals surface area contributed by atoms with Gasteiger partial charge in [0.15, 0.2) is 17.0 Å². The number of ether oxygens (including phenoxy) is 1. The molecule has 1 aliphatic rings. The van der Waals surface area contributed by atoms with E-state index in [0.29, 0.717) is 21.1 Å². The smallest absolute Gasteiger partial charge is 0.200 e. The van der Waals surface area contributed by atoms with Gasteiger partial charge in [-0.3, -0.25) is 4.57 Å². The third-order valence-electron chi connectivity index (χ3n) is 3.99. The van der Waals surface area contributed by atoms with Gasteiger partial charge in [0.2, 0.25) is 4.73 Å². The summed E-state index contributed by atoms with van der Waals surface area (Å²) < 4.78 is 8.31. The van der Waals surface area contributed by atoms with Gasteiger partial charge in [-0.2, -0.15) is 0 Å². The molecule has 0 amide bonds. The first kappa shape index (κ1) is 15.8. The zero-order chi connectivity index (χ0) is 16.5. The number of nitrogens with zero attached hydrogens (tertiary/aromatic N) is 4. The lowest BCUT2D eigenvalue weighted by Gasteiger charge is -2.23. The van der Waals surface area contributed by atoms with Crippen molar-refractivity contribution in [2.45, 2.75) is 25.5 Å². The third kappa shape index (κ3) is 2.99. The summed E-state index contributed by atoms with van der Waals surface area (Å²) >= 11 is 9.61. The lowest BCUT2D eigenvalue weighted by molar-refractivity contribution is -0.0298. The molecule has 1 aliphatic heterocycles. The van der Waals surface area contributed by atoms with Gasteiger partial charge in [0.25, 0.3) is 0 Å². The first-order valence-corrected chi connectivity index (χ1v) is 8.93. The van der Waals surface area contributed by atoms with Crippen LogP contribution in [0.4, 0.5) is 11.5 Å². The van der Waals surface area contributed by atoms with Crippen molar-refractivity contribution in [1.82, 2.24) is 19.5 Å². The van der Waals surface area contributed by atoms with Crippen LogP contribution in [0.1, 0.15) is 25.5 Å². The molecule has 124 valence electrons. The van der Waals surface area contributed by atoms with E-state index in [1.54, 1.807) is 6.33 Å². The number of anilines is 2. The number of imidazole rings is 1. The highest BCUT2D eigenvalue weighted by molar-refractivity contribution is 9.10. The Kier molecular flexibility index (Phi) is 4.39. The van der Waals surface area contributed by atoms with E-state index in [2.05, 4.69) is 36.2 Å². The highest BCUT2D eigenvalue weighted by atomic mass is 79.9. The maximum Gasteiger partial charge on any atom is 0.200 e. The summed E-state index contributed by atoms with van der Waals surface area (Å²) in [5.74, 6) is 0.606. The fourth-order valence-corrected chi connectivity index (χ4v) is 3.35. The highest BCUT2D eigenvalue weighted by Crippen LogP contribution is 2.31. The summed E-state index contributed by atoms with van der Waals surface area (Å²) in [4.78, 5) is 13.4. The number of halogens is 2. The Morgan fingerprint density at radius 2 is 2.12 bits per heavy atom. The summed E-state index contributed by atoms with van der Waals surface area (Å²) in [6.07, 6.45) is 4.93. The maximum absolute atomic E-state index is 6.23. The minimum atomic E-state index is -0.0290. The standard InChI is InChI=1S/C16H15BrClN5O/c17-16-21-14(20-11-6-2-1-5-10(11)18)13-15(22-16)23(9-19-13)12-7-3-4-8-24-12/h1-2,5-6,9,12H,3-4,7-8H2,(H,20,21,22). The van der Waals surface area contributed by atoms with E-state index in [-0.39, 0.29) is 6.23 Å². The average molecular weight is 409 g/mol. The van der Waals surface area contributed by atoms with Crippen LogP contribution in [0, 0.1) is 0 Å². The van der Waals surface area contributed by atoms with Crippen LogP contribution in [-0.2, 0) is 4.74 Å². The van der Waals surface area contributed by atoms with Crippen LogP contribution in [0.5, 0.6) is 0 Å². The number of hydrogen-bond donors (Lipinski definition) is 1. The Labute approximate surface area is 152 Å². The van der Waals surface area contributed by atoms with Gasteiger partial charge in [-0.05, 0) is 47.3 Å². The average Bonchev–Trinajstić information content (AvgIpc) is 3.01. The number of aromatic nitrogens is 4. The molecule has 0 saturated carbocycles. The zero-order valence-electron chi connectivity index (χ0n) is 12.7. The van der Waals surface area contributed by atoms with Crippen LogP contribution < -0.4 is 5.32 Å². The van der Waals surface area contributed by atoms with Gasteiger partial charge in [-0.15, -0.1) is 0 Å². The second-order valence-electron chi connectivity index (χ2n) is 5.59. The van der Waals surface area contributed by atoms with Crippen molar-refractivity contribution in [2.24, 2.45) is 0 Å². The molecule has 3 heterocycles. The topological polar surface area (TPSA) is 64.9 Å². The molecule has 1 atom stereocenters. The van der Waals surface area contributed by atoms with Gasteiger partial charge in [-0.25, -0.2) is 15.0 Å². The molecule has 0 radical (unpaired) electrons. The Bertz CT molecular complexity index is 878. The summed E-state index contributed by atoms with van der Waals surface area (Å²) in [5.41, 5.74) is 2.19. The van der Waals surface area contributed by atoms with Crippen LogP contribution in [0.15, 0.2) is 35.3 Å². The lowest BCUT2D eigenvalue weighted by Crippen LogP contribution is -2.17. The summed E-state index contributed by atoms with van der Waals surface area (Å²) in [6.45, 7) is 0.765. The predicted molar refractivity (Wildman–Crippen MR) is 96.6 cm³/mol. The SMILES string of the molecule is Clc1ccccc1Nc1nc(Br)nc2c1ncn2C1CCCCO1. The van der Waals surface area contributed by atoms with E-state index in [9.17, 15) is 0 Å². The van der Waals surface area contributed by atoms with E-state index in [4.69, 9.17) is 16.3 Å². The molecule has 0 spiro atoms. The zero-order valence-corrected chi connectivity index (χ0v) is 15.1. The van der Waals surface area contributed by atoms with Gasteiger partial charge in [0.1, 0.15) is 6.23 Å². The molecule has 1 unspecified atom stereocenters. The second kappa shape index (κ2) is 6.66. The molecule has 3 aromatic rings. The van der Waals surface area contributed by atoms with Crippen molar-refractivity contribution in [1.29, 1.82) is 0 Å². The molecular formula is C16H15BrClN5O. The predicted octanol–water partition coefficient (Wildman–Crippen LogP) is 4.68. The molecule has 1 fully saturated rings. The number of rotatable bonds is 3. The minimum absolute atomic E-state index is 0.0290. The minimum Gasteiger partial charge on any atom is -0.358 e. The van der Waals surface area contributed by atoms with Gasteiger partial charge in [-0.1, -0.05) is 23.7 Å². The van der Waals surface area contributed by atoms with E-state index in [1.165, 1.54) is 0 Å². The summed E-state index contributed by atoms with van der Waals surface area (Å²) in [7, 11) is 0. The van der Waals surface area contributed by atoms with Crippen LogP contribution in [-0.4, -0.2) is 26.1 Å². The van der Waals surface area contributed by atoms with Crippen LogP contribution in [0.25, 0.3) is 11.2 Å². The summed E-state index contributed by atoms with van der Waals surface area (Å²) in [5, 5.41) is 3.86. The molecule has 0 aliphatic carbocycles. The first-order chi connectivity index (χ1) is 11.7. The Hall–Kier alpha value is -1.70. The molecule has 1 N–H and O–H groups in total. The van der Waals surface area contributed by atoms with Crippen molar-refractivity contribution >= 4 is 50.2 Å². The third-order valence-corrected chi connectivity index (χ3v) is 4.67. The van der Waals surface area contributed by atoms with E-state index < -0.39 is 0 Å². The maximum atomic E-state index is 6.23. The Balaban J connectivity index is 1.76. The van der Waals surface area contributed by atoms with Gasteiger partial charge < -0.3 is 10.1 Å². The number of hydrogen-bond acceptors (Lipinski definition) is 5. The molecule has 0 bridgehead atoms. The van der Waals surface area contributed by atoms with Crippen molar-refractivity contribution in [3.05, 3.63) is 40.3 Å². The van der Waals surface area contributed by atoms with E-state index in [0.717, 1.165) is 37.2 Å². The van der Waals surface area contributed by atoms with Crippen molar-refractivity contribution in [3.8, 4) is 0 Å². The number of nitrogens with one attached hydrogen (secondary N) is 1. The molecule has 1 saturated heterocycles. The monoisotopic (exact) mass is 407 g/mol. The van der Waals surface area contributed by atoms with E-state index >= 15 is 0 Å². The number of para-hydroxylation sites is 1. The molecule has 4 rings (SSSR count). The molecule has 2 aromatic heterocycles. The van der Waals surface area contributed by atoms with Crippen molar-refractivity contribution in [3.63, 3.8) is 0 Å². The Morgan fingerprint density at radius 3 is 2.92 bits per heavy atom. The normalized spacial score (nSPS) is 18.0. The summed E-state index contributed by atoms with van der Waals surface area (Å²) in [6, 6.07) is 7.52. The van der Waals surface area contributed by atoms with Crippen molar-refractivity contribution in [2.75, 3.05) is 11.9 Å². The Morgan fingerprint density at radius 1 is 1.25 bits per heavy atom. The van der Waals surface area contributed by atoms with Crippen LogP contribution >= 0.6 is 27.5 Å².